The van der Waals surface area contributed by atoms with Gasteiger partial charge in [-0.2, -0.15) is 0 Å². The molecule has 1 amide bonds. The summed E-state index contributed by atoms with van der Waals surface area (Å²) in [5, 5.41) is 6.25. The van der Waals surface area contributed by atoms with Crippen LogP contribution in [0.1, 0.15) is 30.0 Å². The lowest BCUT2D eigenvalue weighted by molar-refractivity contribution is -0.124. The van der Waals surface area contributed by atoms with Crippen LogP contribution in [0.15, 0.2) is 24.3 Å². The van der Waals surface area contributed by atoms with Crippen molar-refractivity contribution in [1.29, 1.82) is 0 Å². The Morgan fingerprint density at radius 2 is 1.90 bits per heavy atom. The Labute approximate surface area is 125 Å². The fourth-order valence-corrected chi connectivity index (χ4v) is 4.55. The molecule has 0 bridgehead atoms. The molecule has 2 N–H and O–H groups in total. The van der Waals surface area contributed by atoms with Gasteiger partial charge in [0.25, 0.3) is 0 Å². The number of hydrogen-bond donors (Lipinski definition) is 2. The second kappa shape index (κ2) is 5.77. The lowest BCUT2D eigenvalue weighted by Crippen LogP contribution is -2.47. The number of hydrogen-bond acceptors (Lipinski definition) is 4. The largest absolute Gasteiger partial charge is 0.352 e. The van der Waals surface area contributed by atoms with Crippen LogP contribution in [0.3, 0.4) is 0 Å². The topological polar surface area (TPSA) is 75.3 Å². The molecule has 6 heteroatoms. The number of fused-ring (bicyclic) bond motifs is 1. The normalized spacial score (nSPS) is 25.0. The van der Waals surface area contributed by atoms with Crippen molar-refractivity contribution in [3.8, 4) is 0 Å². The molecular weight excluding hydrogens is 288 g/mol. The van der Waals surface area contributed by atoms with E-state index < -0.39 is 9.84 Å². The van der Waals surface area contributed by atoms with Gasteiger partial charge in [0.15, 0.2) is 0 Å². The van der Waals surface area contributed by atoms with Gasteiger partial charge in [-0.25, -0.2) is 8.42 Å². The van der Waals surface area contributed by atoms with Gasteiger partial charge < -0.3 is 10.6 Å². The third-order valence-corrected chi connectivity index (χ3v) is 5.99. The summed E-state index contributed by atoms with van der Waals surface area (Å²) in [6.07, 6.45) is 1.96. The molecule has 0 spiro atoms. The van der Waals surface area contributed by atoms with Crippen LogP contribution >= 0.6 is 0 Å². The van der Waals surface area contributed by atoms with E-state index in [9.17, 15) is 13.2 Å². The van der Waals surface area contributed by atoms with Crippen LogP contribution in [0.25, 0.3) is 0 Å². The Bertz CT molecular complexity index is 628. The van der Waals surface area contributed by atoms with Crippen molar-refractivity contribution < 1.29 is 13.2 Å². The van der Waals surface area contributed by atoms with Crippen LogP contribution in [0.5, 0.6) is 0 Å². The molecule has 0 aromatic heterocycles. The Morgan fingerprint density at radius 1 is 1.19 bits per heavy atom. The minimum Gasteiger partial charge on any atom is -0.352 e. The first kappa shape index (κ1) is 14.5. The summed E-state index contributed by atoms with van der Waals surface area (Å²) in [4.78, 5) is 12.5. The predicted molar refractivity (Wildman–Crippen MR) is 80.7 cm³/mol. The van der Waals surface area contributed by atoms with E-state index in [1.165, 1.54) is 5.56 Å². The quantitative estimate of drug-likeness (QED) is 0.837. The van der Waals surface area contributed by atoms with E-state index in [-0.39, 0.29) is 29.5 Å². The molecule has 2 aliphatic heterocycles. The zero-order valence-corrected chi connectivity index (χ0v) is 12.7. The molecule has 2 aliphatic rings. The fourth-order valence-electron chi connectivity index (χ4n) is 3.06. The molecule has 0 aliphatic carbocycles. The molecular formula is C15H20N2O3S. The molecule has 1 unspecified atom stereocenters. The van der Waals surface area contributed by atoms with Gasteiger partial charge in [-0.3, -0.25) is 4.79 Å². The van der Waals surface area contributed by atoms with Crippen molar-refractivity contribution in [1.82, 2.24) is 10.6 Å². The van der Waals surface area contributed by atoms with Gasteiger partial charge in [0.05, 0.1) is 11.5 Å². The summed E-state index contributed by atoms with van der Waals surface area (Å²) in [5.74, 6) is 0.297. The van der Waals surface area contributed by atoms with E-state index in [2.05, 4.69) is 16.7 Å². The van der Waals surface area contributed by atoms with Gasteiger partial charge >= 0.3 is 0 Å². The maximum absolute atomic E-state index is 12.5. The molecule has 1 aromatic carbocycles. The summed E-state index contributed by atoms with van der Waals surface area (Å²) in [5.41, 5.74) is 2.24. The SMILES string of the molecule is O=C(NC1CCS(=O)(=O)CC1)C1NCCc2ccccc21. The van der Waals surface area contributed by atoms with E-state index in [0.717, 1.165) is 18.5 Å². The van der Waals surface area contributed by atoms with Crippen molar-refractivity contribution in [2.45, 2.75) is 31.3 Å². The van der Waals surface area contributed by atoms with Crippen LogP contribution in [0.2, 0.25) is 0 Å². The predicted octanol–water partition coefficient (Wildman–Crippen LogP) is 0.567. The molecule has 21 heavy (non-hydrogen) atoms. The van der Waals surface area contributed by atoms with E-state index >= 15 is 0 Å². The summed E-state index contributed by atoms with van der Waals surface area (Å²) in [7, 11) is -2.89. The van der Waals surface area contributed by atoms with Crippen LogP contribution in [0.4, 0.5) is 0 Å². The number of amides is 1. The molecule has 114 valence electrons. The fraction of sp³-hybridized carbons (Fsp3) is 0.533. The van der Waals surface area contributed by atoms with E-state index in [0.29, 0.717) is 12.8 Å². The van der Waals surface area contributed by atoms with Gasteiger partial charge in [0.1, 0.15) is 15.9 Å². The first-order valence-electron chi connectivity index (χ1n) is 7.37. The zero-order valence-electron chi connectivity index (χ0n) is 11.8. The van der Waals surface area contributed by atoms with Crippen molar-refractivity contribution in [3.63, 3.8) is 0 Å². The molecule has 1 fully saturated rings. The number of carbonyl (C=O) groups is 1. The highest BCUT2D eigenvalue weighted by Crippen LogP contribution is 2.23. The van der Waals surface area contributed by atoms with E-state index in [1.807, 2.05) is 18.2 Å². The average molecular weight is 308 g/mol. The maximum atomic E-state index is 12.5. The minimum atomic E-state index is -2.89. The first-order valence-corrected chi connectivity index (χ1v) is 9.19. The van der Waals surface area contributed by atoms with Gasteiger partial charge in [0, 0.05) is 12.6 Å². The minimum absolute atomic E-state index is 0.0306. The summed E-state index contributed by atoms with van der Waals surface area (Å²) < 4.78 is 22.8. The molecule has 3 rings (SSSR count). The van der Waals surface area contributed by atoms with Crippen LogP contribution in [-0.2, 0) is 21.1 Å². The van der Waals surface area contributed by atoms with Gasteiger partial charge in [-0.1, -0.05) is 24.3 Å². The lowest BCUT2D eigenvalue weighted by atomic mass is 9.93. The molecule has 5 nitrogen and oxygen atoms in total. The van der Waals surface area contributed by atoms with Crippen LogP contribution < -0.4 is 10.6 Å². The monoisotopic (exact) mass is 308 g/mol. The smallest absolute Gasteiger partial charge is 0.241 e. The average Bonchev–Trinajstić information content (AvgIpc) is 2.49. The molecule has 1 saturated heterocycles. The third kappa shape index (κ3) is 3.27. The Morgan fingerprint density at radius 3 is 2.67 bits per heavy atom. The van der Waals surface area contributed by atoms with Gasteiger partial charge in [0.2, 0.25) is 5.91 Å². The van der Waals surface area contributed by atoms with Crippen LogP contribution in [0, 0.1) is 0 Å². The molecule has 0 radical (unpaired) electrons. The third-order valence-electron chi connectivity index (χ3n) is 4.27. The number of benzene rings is 1. The highest BCUT2D eigenvalue weighted by Gasteiger charge is 2.29. The standard InChI is InChI=1S/C15H20N2O3S/c18-15(17-12-6-9-21(19,20)10-7-12)14-13-4-2-1-3-11(13)5-8-16-14/h1-4,12,14,16H,5-10H2,(H,17,18). The Kier molecular flexibility index (Phi) is 3.99. The van der Waals surface area contributed by atoms with Crippen molar-refractivity contribution in [2.24, 2.45) is 0 Å². The molecule has 2 heterocycles. The lowest BCUT2D eigenvalue weighted by Gasteiger charge is -2.29. The van der Waals surface area contributed by atoms with E-state index in [4.69, 9.17) is 0 Å². The van der Waals surface area contributed by atoms with Crippen LogP contribution in [-0.4, -0.2) is 38.4 Å². The highest BCUT2D eigenvalue weighted by atomic mass is 32.2. The van der Waals surface area contributed by atoms with E-state index in [1.54, 1.807) is 0 Å². The highest BCUT2D eigenvalue weighted by molar-refractivity contribution is 7.91. The molecule has 1 atom stereocenters. The maximum Gasteiger partial charge on any atom is 0.241 e. The summed E-state index contributed by atoms with van der Waals surface area (Å²) in [6, 6.07) is 7.62. The number of nitrogens with one attached hydrogen (secondary N) is 2. The van der Waals surface area contributed by atoms with Gasteiger partial charge in [-0.05, 0) is 30.4 Å². The Balaban J connectivity index is 1.67. The summed E-state index contributed by atoms with van der Waals surface area (Å²) >= 11 is 0. The number of rotatable bonds is 2. The zero-order chi connectivity index (χ0) is 14.9. The van der Waals surface area contributed by atoms with Gasteiger partial charge in [-0.15, -0.1) is 0 Å². The second-order valence-electron chi connectivity index (χ2n) is 5.77. The molecule has 0 saturated carbocycles. The van der Waals surface area contributed by atoms with Crippen molar-refractivity contribution >= 4 is 15.7 Å². The number of sulfone groups is 1. The number of carbonyl (C=O) groups excluding carboxylic acids is 1. The Hall–Kier alpha value is -1.40. The first-order chi connectivity index (χ1) is 10.1. The van der Waals surface area contributed by atoms with Crippen molar-refractivity contribution in [3.05, 3.63) is 35.4 Å². The molecule has 1 aromatic rings. The second-order valence-corrected chi connectivity index (χ2v) is 8.07. The summed E-state index contributed by atoms with van der Waals surface area (Å²) in [6.45, 7) is 0.786. The van der Waals surface area contributed by atoms with Crippen molar-refractivity contribution in [2.75, 3.05) is 18.1 Å².